The Morgan fingerprint density at radius 3 is 2.46 bits per heavy atom. The molecule has 1 aromatic carbocycles. The van der Waals surface area contributed by atoms with Crippen LogP contribution in [-0.4, -0.2) is 61.4 Å². The van der Waals surface area contributed by atoms with Crippen LogP contribution in [0.1, 0.15) is 81.1 Å². The highest BCUT2D eigenvalue weighted by Crippen LogP contribution is 2.40. The molecule has 1 unspecified atom stereocenters. The number of amides is 1. The summed E-state index contributed by atoms with van der Waals surface area (Å²) >= 11 is 0. The number of piperazine rings is 1. The smallest absolute Gasteiger partial charge is 0.327 e. The molecule has 0 spiro atoms. The van der Waals surface area contributed by atoms with E-state index in [0.717, 1.165) is 63.3 Å². The number of carbonyl (C=O) groups excluding carboxylic acids is 1. The first kappa shape index (κ1) is 25.8. The van der Waals surface area contributed by atoms with Crippen molar-refractivity contribution in [2.75, 3.05) is 31.5 Å². The van der Waals surface area contributed by atoms with Crippen molar-refractivity contribution in [3.63, 3.8) is 0 Å². The molecule has 206 valence electrons. The Morgan fingerprint density at radius 2 is 1.79 bits per heavy atom. The maximum absolute atomic E-state index is 12.6. The number of carbonyl (C=O) groups is 1. The van der Waals surface area contributed by atoms with Gasteiger partial charge in [0.2, 0.25) is 11.9 Å². The Morgan fingerprint density at radius 1 is 1.10 bits per heavy atom. The Kier molecular flexibility index (Phi) is 7.25. The zero-order chi connectivity index (χ0) is 26.9. The minimum Gasteiger partial charge on any atom is -0.348 e. The molecule has 0 radical (unpaired) electrons. The molecule has 3 aromatic rings. The third-order valence-electron chi connectivity index (χ3n) is 8.81. The van der Waals surface area contributed by atoms with Gasteiger partial charge in [-0.25, -0.2) is 9.78 Å². The standard InChI is InChI=1S/C30H39N7O2/c1-3-27(38)36-16-14-35(15-17-36)26(18-21-8-9-21)23-12-10-22(11-13-23)20(2)32-29-31-19-25-28(34-29)37(30(39)33-25)24-6-4-5-7-24/h3,10-13,19-21,24,26H,1,4-9,14-18H2,2H3,(H,33,39)(H,31,32,34)/t20-,26?/m0/s1. The maximum atomic E-state index is 12.6. The van der Waals surface area contributed by atoms with E-state index in [4.69, 9.17) is 4.98 Å². The highest BCUT2D eigenvalue weighted by atomic mass is 16.2. The molecule has 2 N–H and O–H groups in total. The topological polar surface area (TPSA) is 99.2 Å². The van der Waals surface area contributed by atoms with Crippen molar-refractivity contribution in [1.82, 2.24) is 29.3 Å². The number of benzene rings is 1. The van der Waals surface area contributed by atoms with Crippen molar-refractivity contribution in [2.24, 2.45) is 5.92 Å². The molecule has 1 saturated heterocycles. The van der Waals surface area contributed by atoms with Crippen molar-refractivity contribution in [3.05, 3.63) is 64.7 Å². The molecule has 2 saturated carbocycles. The van der Waals surface area contributed by atoms with E-state index in [1.54, 1.807) is 6.20 Å². The first-order chi connectivity index (χ1) is 19.0. The SMILES string of the molecule is C=CC(=O)N1CCN(C(CC2CC2)c2ccc([C@H](C)Nc3ncc4[nH]c(=O)n(C5CCCC5)c4n3)cc2)CC1. The predicted octanol–water partition coefficient (Wildman–Crippen LogP) is 4.58. The lowest BCUT2D eigenvalue weighted by Crippen LogP contribution is -2.49. The Labute approximate surface area is 229 Å². The fourth-order valence-corrected chi connectivity index (χ4v) is 6.32. The lowest BCUT2D eigenvalue weighted by molar-refractivity contribution is -0.128. The molecule has 3 fully saturated rings. The monoisotopic (exact) mass is 529 g/mol. The van der Waals surface area contributed by atoms with Crippen LogP contribution in [0.15, 0.2) is 47.9 Å². The van der Waals surface area contributed by atoms with Crippen LogP contribution in [-0.2, 0) is 4.79 Å². The molecule has 1 amide bonds. The molecule has 3 heterocycles. The molecule has 9 nitrogen and oxygen atoms in total. The van der Waals surface area contributed by atoms with E-state index in [0.29, 0.717) is 23.2 Å². The van der Waals surface area contributed by atoms with Gasteiger partial charge in [-0.05, 0) is 49.3 Å². The molecule has 2 aliphatic carbocycles. The number of H-pyrrole nitrogens is 1. The molecular weight excluding hydrogens is 490 g/mol. The van der Waals surface area contributed by atoms with E-state index < -0.39 is 0 Å². The quantitative estimate of drug-likeness (QED) is 0.394. The number of aromatic nitrogens is 4. The summed E-state index contributed by atoms with van der Waals surface area (Å²) in [5.74, 6) is 1.37. The summed E-state index contributed by atoms with van der Waals surface area (Å²) in [7, 11) is 0. The molecule has 9 heteroatoms. The van der Waals surface area contributed by atoms with Gasteiger partial charge >= 0.3 is 5.69 Å². The van der Waals surface area contributed by atoms with E-state index in [9.17, 15) is 9.59 Å². The van der Waals surface area contributed by atoms with Crippen molar-refractivity contribution in [3.8, 4) is 0 Å². The van der Waals surface area contributed by atoms with Crippen LogP contribution in [0.2, 0.25) is 0 Å². The molecule has 2 atom stereocenters. The van der Waals surface area contributed by atoms with Crippen molar-refractivity contribution < 1.29 is 4.79 Å². The van der Waals surface area contributed by atoms with Crippen molar-refractivity contribution >= 4 is 23.0 Å². The number of rotatable bonds is 9. The lowest BCUT2D eigenvalue weighted by atomic mass is 9.96. The van der Waals surface area contributed by atoms with Crippen LogP contribution in [0.25, 0.3) is 11.2 Å². The summed E-state index contributed by atoms with van der Waals surface area (Å²) in [4.78, 5) is 41.2. The Balaban J connectivity index is 1.15. The second kappa shape index (κ2) is 11.0. The van der Waals surface area contributed by atoms with Crippen LogP contribution in [0.5, 0.6) is 0 Å². The molecule has 2 aromatic heterocycles. The van der Waals surface area contributed by atoms with E-state index in [2.05, 4.69) is 58.0 Å². The minimum atomic E-state index is -0.0959. The first-order valence-corrected chi connectivity index (χ1v) is 14.5. The lowest BCUT2D eigenvalue weighted by Gasteiger charge is -2.39. The van der Waals surface area contributed by atoms with Crippen molar-refractivity contribution in [1.29, 1.82) is 0 Å². The number of nitrogens with zero attached hydrogens (tertiary/aromatic N) is 5. The average molecular weight is 530 g/mol. The average Bonchev–Trinajstić information content (AvgIpc) is 3.51. The van der Waals surface area contributed by atoms with Crippen LogP contribution in [0.3, 0.4) is 0 Å². The molecule has 6 rings (SSSR count). The second-order valence-electron chi connectivity index (χ2n) is 11.5. The van der Waals surface area contributed by atoms with Gasteiger partial charge in [0.1, 0.15) is 5.52 Å². The van der Waals surface area contributed by atoms with Gasteiger partial charge < -0.3 is 15.2 Å². The number of imidazole rings is 1. The van der Waals surface area contributed by atoms with E-state index >= 15 is 0 Å². The van der Waals surface area contributed by atoms with E-state index in [1.165, 1.54) is 30.9 Å². The highest BCUT2D eigenvalue weighted by molar-refractivity contribution is 5.87. The number of fused-ring (bicyclic) bond motifs is 1. The van der Waals surface area contributed by atoms with Gasteiger partial charge in [0.25, 0.3) is 0 Å². The van der Waals surface area contributed by atoms with Crippen LogP contribution in [0.4, 0.5) is 5.95 Å². The summed E-state index contributed by atoms with van der Waals surface area (Å²) in [6, 6.07) is 9.53. The Hall–Kier alpha value is -3.46. The maximum Gasteiger partial charge on any atom is 0.327 e. The van der Waals surface area contributed by atoms with Gasteiger partial charge in [-0.3, -0.25) is 14.3 Å². The summed E-state index contributed by atoms with van der Waals surface area (Å²) in [5.41, 5.74) is 3.78. The largest absolute Gasteiger partial charge is 0.348 e. The first-order valence-electron chi connectivity index (χ1n) is 14.5. The number of hydrogen-bond acceptors (Lipinski definition) is 6. The molecule has 1 aliphatic heterocycles. The van der Waals surface area contributed by atoms with Gasteiger partial charge in [0.15, 0.2) is 5.65 Å². The molecule has 3 aliphatic rings. The van der Waals surface area contributed by atoms with Gasteiger partial charge in [0.05, 0.1) is 12.2 Å². The highest BCUT2D eigenvalue weighted by Gasteiger charge is 2.32. The van der Waals surface area contributed by atoms with Crippen LogP contribution < -0.4 is 11.0 Å². The van der Waals surface area contributed by atoms with Gasteiger partial charge in [-0.1, -0.05) is 56.5 Å². The van der Waals surface area contributed by atoms with Gasteiger partial charge in [0, 0.05) is 38.3 Å². The third kappa shape index (κ3) is 5.50. The summed E-state index contributed by atoms with van der Waals surface area (Å²) in [5, 5.41) is 3.45. The fraction of sp³-hybridized carbons (Fsp3) is 0.533. The normalized spacial score (nSPS) is 20.3. The predicted molar refractivity (Wildman–Crippen MR) is 153 cm³/mol. The summed E-state index contributed by atoms with van der Waals surface area (Å²) < 4.78 is 1.82. The number of hydrogen-bond donors (Lipinski definition) is 2. The van der Waals surface area contributed by atoms with Gasteiger partial charge in [-0.15, -0.1) is 0 Å². The molecular formula is C30H39N7O2. The van der Waals surface area contributed by atoms with E-state index in [-0.39, 0.29) is 23.7 Å². The minimum absolute atomic E-state index is 0.0115. The van der Waals surface area contributed by atoms with Crippen LogP contribution in [0, 0.1) is 5.92 Å². The number of anilines is 1. The van der Waals surface area contributed by atoms with Crippen LogP contribution >= 0.6 is 0 Å². The van der Waals surface area contributed by atoms with E-state index in [1.807, 2.05) is 9.47 Å². The number of aromatic amines is 1. The zero-order valence-electron chi connectivity index (χ0n) is 22.8. The Bertz CT molecular complexity index is 1380. The third-order valence-corrected chi connectivity index (χ3v) is 8.81. The summed E-state index contributed by atoms with van der Waals surface area (Å²) in [6.45, 7) is 9.04. The molecule has 39 heavy (non-hydrogen) atoms. The van der Waals surface area contributed by atoms with Gasteiger partial charge in [-0.2, -0.15) is 4.98 Å². The zero-order valence-corrected chi connectivity index (χ0v) is 22.8. The number of nitrogens with one attached hydrogen (secondary N) is 2. The van der Waals surface area contributed by atoms with Crippen molar-refractivity contribution in [2.45, 2.75) is 70.0 Å². The molecule has 0 bridgehead atoms. The second-order valence-corrected chi connectivity index (χ2v) is 11.5. The fourth-order valence-electron chi connectivity index (χ4n) is 6.32. The summed E-state index contributed by atoms with van der Waals surface area (Å²) in [6.07, 6.45) is 11.3.